The third-order valence-corrected chi connectivity index (χ3v) is 7.01. The van der Waals surface area contributed by atoms with Gasteiger partial charge in [0.2, 0.25) is 15.9 Å². The average Bonchev–Trinajstić information content (AvgIpc) is 3.27. The molecule has 2 aliphatic rings. The maximum Gasteiger partial charge on any atom is 0.240 e. The van der Waals surface area contributed by atoms with E-state index in [9.17, 15) is 13.2 Å². The number of halogens is 1. The summed E-state index contributed by atoms with van der Waals surface area (Å²) >= 11 is 0. The molecule has 1 aromatic carbocycles. The van der Waals surface area contributed by atoms with Crippen molar-refractivity contribution in [1.29, 1.82) is 0 Å². The highest BCUT2D eigenvalue weighted by Crippen LogP contribution is 2.59. The fraction of sp³-hybridized carbons (Fsp3) is 0.611. The van der Waals surface area contributed by atoms with Gasteiger partial charge in [0.1, 0.15) is 0 Å². The summed E-state index contributed by atoms with van der Waals surface area (Å²) in [6.45, 7) is 4.50. The van der Waals surface area contributed by atoms with Gasteiger partial charge in [-0.2, -0.15) is 0 Å². The quantitative estimate of drug-likeness (QED) is 0.757. The van der Waals surface area contributed by atoms with Crippen LogP contribution < -0.4 is 10.0 Å². The Kier molecular flexibility index (Phi) is 6.71. The van der Waals surface area contributed by atoms with Gasteiger partial charge in [-0.05, 0) is 56.8 Å². The minimum atomic E-state index is -3.53. The highest BCUT2D eigenvalue weighted by atomic mass is 35.5. The predicted molar refractivity (Wildman–Crippen MR) is 104 cm³/mol. The minimum absolute atomic E-state index is 0. The third kappa shape index (κ3) is 4.57. The lowest BCUT2D eigenvalue weighted by atomic mass is 9.91. The largest absolute Gasteiger partial charge is 0.344 e. The van der Waals surface area contributed by atoms with E-state index in [0.29, 0.717) is 6.54 Å². The number of nitrogens with one attached hydrogen (secondary N) is 2. The van der Waals surface area contributed by atoms with Gasteiger partial charge in [0, 0.05) is 26.1 Å². The zero-order valence-electron chi connectivity index (χ0n) is 15.3. The molecule has 146 valence electrons. The van der Waals surface area contributed by atoms with Gasteiger partial charge in [-0.25, -0.2) is 13.1 Å². The zero-order valence-corrected chi connectivity index (χ0v) is 17.0. The molecule has 0 aromatic heterocycles. The van der Waals surface area contributed by atoms with Gasteiger partial charge in [-0.15, -0.1) is 12.4 Å². The van der Waals surface area contributed by atoms with Crippen LogP contribution in [0.4, 0.5) is 0 Å². The van der Waals surface area contributed by atoms with Crippen LogP contribution in [0.15, 0.2) is 29.2 Å². The van der Waals surface area contributed by atoms with Crippen LogP contribution in [-0.4, -0.2) is 52.5 Å². The molecule has 1 aromatic rings. The normalized spacial score (nSPS) is 21.1. The Morgan fingerprint density at radius 2 is 1.88 bits per heavy atom. The molecular weight excluding hydrogens is 374 g/mol. The molecule has 1 unspecified atom stereocenters. The SMILES string of the molecule is Cc1ccc(S(=O)(=O)NCCN(C)C(=O)C2CC23CCNCC3)cc1.Cl. The standard InChI is InChI=1S/C18H27N3O3S.ClH/c1-14-3-5-15(6-4-14)25(23,24)20-11-12-21(2)17(22)16-13-18(16)7-9-19-10-8-18;/h3-6,16,19-20H,7-13H2,1-2H3;1H. The summed E-state index contributed by atoms with van der Waals surface area (Å²) in [4.78, 5) is 14.5. The Morgan fingerprint density at radius 1 is 1.27 bits per heavy atom. The molecule has 2 N–H and O–H groups in total. The molecule has 2 fully saturated rings. The van der Waals surface area contributed by atoms with E-state index in [1.807, 2.05) is 6.92 Å². The number of rotatable bonds is 6. The van der Waals surface area contributed by atoms with Gasteiger partial charge >= 0.3 is 0 Å². The summed E-state index contributed by atoms with van der Waals surface area (Å²) in [5.74, 6) is 0.268. The number of carbonyl (C=O) groups excluding carboxylic acids is 1. The second kappa shape index (κ2) is 8.25. The summed E-state index contributed by atoms with van der Waals surface area (Å²) in [5, 5.41) is 3.34. The van der Waals surface area contributed by atoms with Crippen molar-refractivity contribution in [2.45, 2.75) is 31.1 Å². The van der Waals surface area contributed by atoms with Crippen molar-refractivity contribution in [3.8, 4) is 0 Å². The molecular formula is C18H28ClN3O3S. The second-order valence-electron chi connectivity index (χ2n) is 7.34. The van der Waals surface area contributed by atoms with Crippen LogP contribution in [0, 0.1) is 18.3 Å². The average molecular weight is 402 g/mol. The van der Waals surface area contributed by atoms with Crippen LogP contribution in [0.25, 0.3) is 0 Å². The highest BCUT2D eigenvalue weighted by molar-refractivity contribution is 7.89. The van der Waals surface area contributed by atoms with Crippen LogP contribution >= 0.6 is 12.4 Å². The van der Waals surface area contributed by atoms with E-state index in [1.54, 1.807) is 36.2 Å². The minimum Gasteiger partial charge on any atom is -0.344 e. The van der Waals surface area contributed by atoms with Gasteiger partial charge in [0.25, 0.3) is 0 Å². The molecule has 6 nitrogen and oxygen atoms in total. The number of hydrogen-bond acceptors (Lipinski definition) is 4. The van der Waals surface area contributed by atoms with Gasteiger partial charge in [0.05, 0.1) is 4.90 Å². The Labute approximate surface area is 162 Å². The number of aryl methyl sites for hydroxylation is 1. The van der Waals surface area contributed by atoms with Crippen LogP contribution in [0.1, 0.15) is 24.8 Å². The zero-order chi connectivity index (χ0) is 18.1. The number of sulfonamides is 1. The summed E-state index contributed by atoms with van der Waals surface area (Å²) in [6.07, 6.45) is 3.11. The topological polar surface area (TPSA) is 78.5 Å². The number of piperidine rings is 1. The highest BCUT2D eigenvalue weighted by Gasteiger charge is 2.58. The first-order valence-electron chi connectivity index (χ1n) is 8.86. The second-order valence-corrected chi connectivity index (χ2v) is 9.11. The fourth-order valence-corrected chi connectivity index (χ4v) is 4.72. The molecule has 8 heteroatoms. The Hall–Kier alpha value is -1.15. The van der Waals surface area contributed by atoms with E-state index in [1.165, 1.54) is 0 Å². The first-order chi connectivity index (χ1) is 11.8. The smallest absolute Gasteiger partial charge is 0.240 e. The summed E-state index contributed by atoms with van der Waals surface area (Å²) in [5.41, 5.74) is 1.22. The number of nitrogens with zero attached hydrogens (tertiary/aromatic N) is 1. The number of benzene rings is 1. The first kappa shape index (κ1) is 21.2. The molecule has 1 atom stereocenters. The molecule has 0 bridgehead atoms. The maximum atomic E-state index is 12.6. The van der Waals surface area contributed by atoms with Crippen molar-refractivity contribution in [3.05, 3.63) is 29.8 Å². The van der Waals surface area contributed by atoms with Crippen LogP contribution in [0.2, 0.25) is 0 Å². The monoisotopic (exact) mass is 401 g/mol. The summed E-state index contributed by atoms with van der Waals surface area (Å²) < 4.78 is 27.1. The third-order valence-electron chi connectivity index (χ3n) is 5.53. The number of hydrogen-bond donors (Lipinski definition) is 2. The molecule has 3 rings (SSSR count). The van der Waals surface area contributed by atoms with Gasteiger partial charge in [0.15, 0.2) is 0 Å². The van der Waals surface area contributed by atoms with Crippen molar-refractivity contribution < 1.29 is 13.2 Å². The molecule has 1 heterocycles. The van der Waals surface area contributed by atoms with E-state index < -0.39 is 10.0 Å². The molecule has 1 amide bonds. The summed E-state index contributed by atoms with van der Waals surface area (Å²) in [7, 11) is -1.77. The number of carbonyl (C=O) groups is 1. The van der Waals surface area contributed by atoms with Crippen LogP contribution in [-0.2, 0) is 14.8 Å². The van der Waals surface area contributed by atoms with Crippen LogP contribution in [0.5, 0.6) is 0 Å². The molecule has 1 saturated heterocycles. The summed E-state index contributed by atoms with van der Waals surface area (Å²) in [6, 6.07) is 6.74. The molecule has 26 heavy (non-hydrogen) atoms. The van der Waals surface area contributed by atoms with E-state index >= 15 is 0 Å². The number of likely N-dealkylation sites (N-methyl/N-ethyl adjacent to an activating group) is 1. The molecule has 1 saturated carbocycles. The van der Waals surface area contributed by atoms with Crippen molar-refractivity contribution in [2.75, 3.05) is 33.2 Å². The molecule has 1 aliphatic heterocycles. The van der Waals surface area contributed by atoms with Crippen molar-refractivity contribution in [1.82, 2.24) is 14.9 Å². The maximum absolute atomic E-state index is 12.6. The van der Waals surface area contributed by atoms with Gasteiger partial charge in [-0.3, -0.25) is 4.79 Å². The fourth-order valence-electron chi connectivity index (χ4n) is 3.70. The van der Waals surface area contributed by atoms with E-state index in [4.69, 9.17) is 0 Å². The van der Waals surface area contributed by atoms with Crippen LogP contribution in [0.3, 0.4) is 0 Å². The molecule has 1 spiro atoms. The Bertz CT molecular complexity index is 731. The Morgan fingerprint density at radius 3 is 2.50 bits per heavy atom. The number of amides is 1. The van der Waals surface area contributed by atoms with E-state index in [2.05, 4.69) is 10.0 Å². The van der Waals surface area contributed by atoms with Crippen molar-refractivity contribution in [3.63, 3.8) is 0 Å². The first-order valence-corrected chi connectivity index (χ1v) is 10.3. The van der Waals surface area contributed by atoms with E-state index in [-0.39, 0.29) is 41.1 Å². The van der Waals surface area contributed by atoms with Crippen molar-refractivity contribution >= 4 is 28.3 Å². The Balaban J connectivity index is 0.00000243. The van der Waals surface area contributed by atoms with Crippen molar-refractivity contribution in [2.24, 2.45) is 11.3 Å². The lowest BCUT2D eigenvalue weighted by Gasteiger charge is -2.25. The molecule has 0 radical (unpaired) electrons. The van der Waals surface area contributed by atoms with Gasteiger partial charge in [-0.1, -0.05) is 17.7 Å². The molecule has 1 aliphatic carbocycles. The lowest BCUT2D eigenvalue weighted by Crippen LogP contribution is -2.38. The van der Waals surface area contributed by atoms with E-state index in [0.717, 1.165) is 37.9 Å². The van der Waals surface area contributed by atoms with Gasteiger partial charge < -0.3 is 10.2 Å². The lowest BCUT2D eigenvalue weighted by molar-refractivity contribution is -0.132. The predicted octanol–water partition coefficient (Wildman–Crippen LogP) is 1.54.